The van der Waals surface area contributed by atoms with Gasteiger partial charge in [0.15, 0.2) is 5.03 Å². The van der Waals surface area contributed by atoms with Crippen LogP contribution < -0.4 is 5.32 Å². The average molecular weight is 409 g/mol. The molecule has 0 fully saturated rings. The molecule has 3 rings (SSSR count). The summed E-state index contributed by atoms with van der Waals surface area (Å²) in [6, 6.07) is 15.8. The molecule has 2 aromatic carbocycles. The van der Waals surface area contributed by atoms with Gasteiger partial charge in [0.2, 0.25) is 0 Å². The summed E-state index contributed by atoms with van der Waals surface area (Å²) in [4.78, 5) is 24.0. The van der Waals surface area contributed by atoms with Crippen LogP contribution >= 0.6 is 27.5 Å². The van der Waals surface area contributed by atoms with Crippen LogP contribution in [0.15, 0.2) is 69.8 Å². The Morgan fingerprint density at radius 2 is 1.79 bits per heavy atom. The first-order valence-corrected chi connectivity index (χ1v) is 8.11. The second-order valence-electron chi connectivity index (χ2n) is 4.84. The van der Waals surface area contributed by atoms with Crippen LogP contribution in [0, 0.1) is 0 Å². The van der Waals surface area contributed by atoms with Crippen LogP contribution in [0.5, 0.6) is 0 Å². The SMILES string of the molecule is O=C1O[C@@H](OC(=O)c2ccccc2Br)C(Nc2ccccc2)=C1Cl. The van der Waals surface area contributed by atoms with Crippen molar-refractivity contribution in [1.82, 2.24) is 0 Å². The van der Waals surface area contributed by atoms with Crippen LogP contribution in [-0.2, 0) is 14.3 Å². The van der Waals surface area contributed by atoms with Gasteiger partial charge in [-0.05, 0) is 40.2 Å². The molecular formula is C17H11BrClNO4. The van der Waals surface area contributed by atoms with Crippen LogP contribution in [0.25, 0.3) is 0 Å². The zero-order valence-corrected chi connectivity index (χ0v) is 14.5. The molecule has 0 saturated heterocycles. The van der Waals surface area contributed by atoms with Gasteiger partial charge in [0.05, 0.1) is 5.56 Å². The van der Waals surface area contributed by atoms with Crippen LogP contribution in [0.3, 0.4) is 0 Å². The Morgan fingerprint density at radius 3 is 2.50 bits per heavy atom. The van der Waals surface area contributed by atoms with E-state index in [2.05, 4.69) is 21.2 Å². The lowest BCUT2D eigenvalue weighted by atomic mass is 10.2. The Hall–Kier alpha value is -2.31. The fourth-order valence-corrected chi connectivity index (χ4v) is 2.71. The van der Waals surface area contributed by atoms with Crippen molar-refractivity contribution in [1.29, 1.82) is 0 Å². The average Bonchev–Trinajstić information content (AvgIpc) is 2.84. The summed E-state index contributed by atoms with van der Waals surface area (Å²) in [5.74, 6) is -1.39. The van der Waals surface area contributed by atoms with Crippen molar-refractivity contribution in [3.63, 3.8) is 0 Å². The van der Waals surface area contributed by atoms with Crippen LogP contribution in [0.4, 0.5) is 5.69 Å². The minimum absolute atomic E-state index is 0.149. The third-order valence-corrected chi connectivity index (χ3v) is 4.28. The zero-order chi connectivity index (χ0) is 17.1. The molecule has 1 atom stereocenters. The van der Waals surface area contributed by atoms with Crippen molar-refractivity contribution in [3.8, 4) is 0 Å². The number of halogens is 2. The molecule has 0 unspecified atom stereocenters. The highest BCUT2D eigenvalue weighted by Crippen LogP contribution is 2.29. The lowest BCUT2D eigenvalue weighted by Gasteiger charge is -2.16. The Balaban J connectivity index is 1.81. The molecule has 0 aliphatic carbocycles. The van der Waals surface area contributed by atoms with E-state index in [0.29, 0.717) is 15.7 Å². The Morgan fingerprint density at radius 1 is 1.12 bits per heavy atom. The van der Waals surface area contributed by atoms with Gasteiger partial charge in [0.25, 0.3) is 6.29 Å². The normalized spacial score (nSPS) is 16.8. The molecule has 0 radical (unpaired) electrons. The van der Waals surface area contributed by atoms with Crippen molar-refractivity contribution < 1.29 is 19.1 Å². The molecule has 24 heavy (non-hydrogen) atoms. The molecule has 0 saturated carbocycles. The van der Waals surface area contributed by atoms with E-state index in [1.165, 1.54) is 0 Å². The highest BCUT2D eigenvalue weighted by molar-refractivity contribution is 9.10. The van der Waals surface area contributed by atoms with Gasteiger partial charge in [-0.25, -0.2) is 9.59 Å². The summed E-state index contributed by atoms with van der Waals surface area (Å²) in [6.07, 6.45) is -1.23. The van der Waals surface area contributed by atoms with Gasteiger partial charge >= 0.3 is 11.9 Å². The number of para-hydroxylation sites is 1. The molecular weight excluding hydrogens is 398 g/mol. The van der Waals surface area contributed by atoms with Gasteiger partial charge in [-0.1, -0.05) is 41.9 Å². The molecule has 1 aliphatic heterocycles. The number of esters is 2. The van der Waals surface area contributed by atoms with Crippen molar-refractivity contribution in [2.24, 2.45) is 0 Å². The molecule has 2 aromatic rings. The zero-order valence-electron chi connectivity index (χ0n) is 12.2. The molecule has 122 valence electrons. The van der Waals surface area contributed by atoms with E-state index in [-0.39, 0.29) is 10.7 Å². The summed E-state index contributed by atoms with van der Waals surface area (Å²) in [7, 11) is 0. The maximum Gasteiger partial charge on any atom is 0.355 e. The van der Waals surface area contributed by atoms with Gasteiger partial charge in [0.1, 0.15) is 5.70 Å². The number of cyclic esters (lactones) is 1. The molecule has 0 spiro atoms. The van der Waals surface area contributed by atoms with Gasteiger partial charge in [-0.15, -0.1) is 0 Å². The number of rotatable bonds is 4. The standard InChI is InChI=1S/C17H11BrClNO4/c18-12-9-5-4-8-11(12)15(21)23-17-14(13(19)16(22)24-17)20-10-6-2-1-3-7-10/h1-9,17,20H/t17-/m1/s1. The van der Waals surface area contributed by atoms with Crippen molar-refractivity contribution in [3.05, 3.63) is 75.4 Å². The summed E-state index contributed by atoms with van der Waals surface area (Å²) < 4.78 is 10.9. The number of hydrogen-bond acceptors (Lipinski definition) is 5. The van der Waals surface area contributed by atoms with Gasteiger partial charge in [-0.2, -0.15) is 0 Å². The van der Waals surface area contributed by atoms with E-state index in [1.807, 2.05) is 18.2 Å². The highest BCUT2D eigenvalue weighted by atomic mass is 79.9. The molecule has 1 N–H and O–H groups in total. The van der Waals surface area contributed by atoms with Gasteiger partial charge < -0.3 is 14.8 Å². The van der Waals surface area contributed by atoms with Crippen LogP contribution in [0.1, 0.15) is 10.4 Å². The van der Waals surface area contributed by atoms with Gasteiger partial charge in [0, 0.05) is 10.2 Å². The largest absolute Gasteiger partial charge is 0.415 e. The molecule has 0 aromatic heterocycles. The predicted molar refractivity (Wildman–Crippen MR) is 92.4 cm³/mol. The first kappa shape index (κ1) is 16.5. The summed E-state index contributed by atoms with van der Waals surface area (Å²) in [5, 5.41) is 2.81. The Kier molecular flexibility index (Phi) is 4.87. The van der Waals surface area contributed by atoms with E-state index in [4.69, 9.17) is 21.1 Å². The monoisotopic (exact) mass is 407 g/mol. The number of anilines is 1. The smallest absolute Gasteiger partial charge is 0.355 e. The molecule has 5 nitrogen and oxygen atoms in total. The maximum absolute atomic E-state index is 12.3. The lowest BCUT2D eigenvalue weighted by molar-refractivity contribution is -0.152. The molecule has 0 amide bonds. The van der Waals surface area contributed by atoms with Crippen molar-refractivity contribution in [2.75, 3.05) is 5.32 Å². The number of nitrogens with one attached hydrogen (secondary N) is 1. The second kappa shape index (κ2) is 7.07. The van der Waals surface area contributed by atoms with Crippen molar-refractivity contribution in [2.45, 2.75) is 6.29 Å². The molecule has 0 bridgehead atoms. The fourth-order valence-electron chi connectivity index (χ4n) is 2.08. The lowest BCUT2D eigenvalue weighted by Crippen LogP contribution is -2.24. The minimum atomic E-state index is -1.23. The predicted octanol–water partition coefficient (Wildman–Crippen LogP) is 4.05. The summed E-state index contributed by atoms with van der Waals surface area (Å²) in [6.45, 7) is 0. The summed E-state index contributed by atoms with van der Waals surface area (Å²) >= 11 is 9.25. The minimum Gasteiger partial charge on any atom is -0.415 e. The first-order valence-electron chi connectivity index (χ1n) is 6.94. The third-order valence-electron chi connectivity index (χ3n) is 3.23. The van der Waals surface area contributed by atoms with E-state index in [0.717, 1.165) is 0 Å². The topological polar surface area (TPSA) is 64.6 Å². The quantitative estimate of drug-likeness (QED) is 0.773. The van der Waals surface area contributed by atoms with E-state index < -0.39 is 18.2 Å². The fraction of sp³-hybridized carbons (Fsp3) is 0.0588. The third kappa shape index (κ3) is 3.44. The molecule has 1 aliphatic rings. The van der Waals surface area contributed by atoms with Crippen LogP contribution in [0.2, 0.25) is 0 Å². The second-order valence-corrected chi connectivity index (χ2v) is 6.07. The highest BCUT2D eigenvalue weighted by Gasteiger charge is 2.36. The van der Waals surface area contributed by atoms with E-state index in [1.54, 1.807) is 36.4 Å². The number of carbonyl (C=O) groups excluding carboxylic acids is 2. The molecule has 7 heteroatoms. The Bertz CT molecular complexity index is 822. The maximum atomic E-state index is 12.3. The number of hydrogen-bond donors (Lipinski definition) is 1. The first-order chi connectivity index (χ1) is 11.6. The number of carbonyl (C=O) groups is 2. The van der Waals surface area contributed by atoms with Crippen LogP contribution in [-0.4, -0.2) is 18.2 Å². The van der Waals surface area contributed by atoms with Crippen molar-refractivity contribution >= 4 is 45.2 Å². The van der Waals surface area contributed by atoms with E-state index in [9.17, 15) is 9.59 Å². The van der Waals surface area contributed by atoms with Gasteiger partial charge in [-0.3, -0.25) is 0 Å². The molecule has 1 heterocycles. The van der Waals surface area contributed by atoms with E-state index >= 15 is 0 Å². The Labute approximate surface area is 151 Å². The summed E-state index contributed by atoms with van der Waals surface area (Å²) in [5.41, 5.74) is 1.19. The number of ether oxygens (including phenoxy) is 2. The number of benzene rings is 2.